The summed E-state index contributed by atoms with van der Waals surface area (Å²) in [6, 6.07) is 2.07. The molecule has 0 radical (unpaired) electrons. The first kappa shape index (κ1) is 13.9. The van der Waals surface area contributed by atoms with E-state index in [2.05, 4.69) is 4.90 Å². The van der Waals surface area contributed by atoms with Crippen molar-refractivity contribution >= 4 is 5.78 Å². The lowest BCUT2D eigenvalue weighted by Crippen LogP contribution is -2.37. The van der Waals surface area contributed by atoms with E-state index in [4.69, 9.17) is 9.47 Å². The second-order valence-corrected chi connectivity index (χ2v) is 5.49. The van der Waals surface area contributed by atoms with Crippen LogP contribution in [0.2, 0.25) is 0 Å². The molecule has 5 nitrogen and oxygen atoms in total. The molecule has 0 saturated heterocycles. The Morgan fingerprint density at radius 2 is 2.14 bits per heavy atom. The van der Waals surface area contributed by atoms with Gasteiger partial charge in [0.2, 0.25) is 0 Å². The Kier molecular flexibility index (Phi) is 3.37. The minimum atomic E-state index is -0.170. The number of hydrogen-bond acceptors (Lipinski definition) is 5. The van der Waals surface area contributed by atoms with Crippen molar-refractivity contribution in [2.24, 2.45) is 0 Å². The summed E-state index contributed by atoms with van der Waals surface area (Å²) < 4.78 is 10.8. The molecule has 0 spiro atoms. The van der Waals surface area contributed by atoms with Gasteiger partial charge in [0, 0.05) is 18.2 Å². The summed E-state index contributed by atoms with van der Waals surface area (Å²) in [6.45, 7) is 0.916. The number of hydrogen-bond donors (Lipinski definition) is 1. The lowest BCUT2D eigenvalue weighted by Gasteiger charge is -2.39. The highest BCUT2D eigenvalue weighted by molar-refractivity contribution is 6.13. The van der Waals surface area contributed by atoms with E-state index in [1.165, 1.54) is 7.11 Å². The Morgan fingerprint density at radius 1 is 1.38 bits per heavy atom. The van der Waals surface area contributed by atoms with Crippen LogP contribution < -0.4 is 9.47 Å². The van der Waals surface area contributed by atoms with Crippen molar-refractivity contribution in [2.75, 3.05) is 27.8 Å². The number of carbonyl (C=O) groups excluding carboxylic acids is 1. The summed E-state index contributed by atoms with van der Waals surface area (Å²) in [5.74, 6) is 0.860. The minimum absolute atomic E-state index is 0.0969. The van der Waals surface area contributed by atoms with Gasteiger partial charge in [0.05, 0.1) is 26.0 Å². The molecule has 112 valence electrons. The third kappa shape index (κ3) is 1.92. The molecule has 3 rings (SSSR count). The topological polar surface area (TPSA) is 59.0 Å². The van der Waals surface area contributed by atoms with Gasteiger partial charge in [-0.25, -0.2) is 0 Å². The summed E-state index contributed by atoms with van der Waals surface area (Å²) >= 11 is 0. The number of aliphatic hydroxyl groups excluding tert-OH is 1. The highest BCUT2D eigenvalue weighted by Gasteiger charge is 2.39. The number of Topliss-reactive ketones (excluding diaryl/α,β-unsaturated/α-hetero) is 1. The maximum atomic E-state index is 12.7. The van der Waals surface area contributed by atoms with E-state index in [0.717, 1.165) is 30.4 Å². The average molecular weight is 289 g/mol. The van der Waals surface area contributed by atoms with Crippen molar-refractivity contribution in [3.63, 3.8) is 0 Å². The molecular weight excluding hydrogens is 270 g/mol. The molecule has 0 fully saturated rings. The number of methoxy groups -OCH3 is 2. The lowest BCUT2D eigenvalue weighted by molar-refractivity contribution is 0.0990. The second kappa shape index (κ2) is 5.07. The monoisotopic (exact) mass is 289 g/mol. The molecule has 21 heavy (non-hydrogen) atoms. The number of benzene rings is 1. The Labute approximate surface area is 123 Å². The maximum absolute atomic E-state index is 12.7. The van der Waals surface area contributed by atoms with Crippen LogP contribution in [0.5, 0.6) is 11.5 Å². The number of carbonyl (C=O) groups is 1. The molecule has 1 unspecified atom stereocenters. The molecule has 1 aromatic carbocycles. The Balaban J connectivity index is 2.33. The van der Waals surface area contributed by atoms with Gasteiger partial charge >= 0.3 is 0 Å². The number of nitrogens with zero attached hydrogens (tertiary/aromatic N) is 1. The van der Waals surface area contributed by atoms with Gasteiger partial charge in [-0.05, 0) is 37.1 Å². The van der Waals surface area contributed by atoms with Gasteiger partial charge in [-0.3, -0.25) is 9.69 Å². The minimum Gasteiger partial charge on any atom is -0.515 e. The summed E-state index contributed by atoms with van der Waals surface area (Å²) in [5.41, 5.74) is 3.11. The standard InChI is InChI=1S/C16H19NO4/c1-17-5-4-9-7-12(20-2)16(21-3)14-13(9)11(17)6-10(8-18)15(14)19/h7-8,11,18H,4-6H2,1-3H3/b10-8+. The summed E-state index contributed by atoms with van der Waals surface area (Å²) in [5, 5.41) is 9.39. The van der Waals surface area contributed by atoms with Crippen molar-refractivity contribution in [3.8, 4) is 11.5 Å². The third-order valence-corrected chi connectivity index (χ3v) is 4.48. The molecule has 1 N–H and O–H groups in total. The van der Waals surface area contributed by atoms with Crippen molar-refractivity contribution < 1.29 is 19.4 Å². The van der Waals surface area contributed by atoms with Gasteiger partial charge in [0.25, 0.3) is 0 Å². The highest BCUT2D eigenvalue weighted by Crippen LogP contribution is 2.48. The zero-order chi connectivity index (χ0) is 15.1. The van der Waals surface area contributed by atoms with E-state index in [0.29, 0.717) is 29.1 Å². The first-order valence-electron chi connectivity index (χ1n) is 6.98. The zero-order valence-electron chi connectivity index (χ0n) is 12.5. The van der Waals surface area contributed by atoms with E-state index in [1.807, 2.05) is 13.1 Å². The average Bonchev–Trinajstić information content (AvgIpc) is 2.51. The van der Waals surface area contributed by atoms with E-state index in [9.17, 15) is 9.90 Å². The van der Waals surface area contributed by atoms with E-state index < -0.39 is 0 Å². The zero-order valence-corrected chi connectivity index (χ0v) is 12.5. The fourth-order valence-electron chi connectivity index (χ4n) is 3.38. The van der Waals surface area contributed by atoms with Gasteiger partial charge in [-0.15, -0.1) is 0 Å². The number of aliphatic hydroxyl groups is 1. The van der Waals surface area contributed by atoms with Crippen LogP contribution in [0, 0.1) is 0 Å². The predicted molar refractivity (Wildman–Crippen MR) is 78.3 cm³/mol. The Hall–Kier alpha value is -2.01. The van der Waals surface area contributed by atoms with Crippen molar-refractivity contribution in [2.45, 2.75) is 18.9 Å². The summed E-state index contributed by atoms with van der Waals surface area (Å²) in [6.07, 6.45) is 2.33. The molecule has 1 atom stereocenters. The summed E-state index contributed by atoms with van der Waals surface area (Å²) in [4.78, 5) is 14.9. The number of ketones is 1. The van der Waals surface area contributed by atoms with Crippen LogP contribution in [0.1, 0.15) is 33.9 Å². The first-order chi connectivity index (χ1) is 10.1. The van der Waals surface area contributed by atoms with Crippen LogP contribution in [0.15, 0.2) is 17.9 Å². The molecule has 0 amide bonds. The molecule has 5 heteroatoms. The van der Waals surface area contributed by atoms with Crippen LogP contribution in [0.25, 0.3) is 0 Å². The van der Waals surface area contributed by atoms with Crippen LogP contribution in [-0.4, -0.2) is 43.6 Å². The number of ether oxygens (including phenoxy) is 2. The smallest absolute Gasteiger partial charge is 0.196 e. The lowest BCUT2D eigenvalue weighted by atomic mass is 9.77. The fourth-order valence-corrected chi connectivity index (χ4v) is 3.38. The quantitative estimate of drug-likeness (QED) is 0.668. The molecular formula is C16H19NO4. The number of rotatable bonds is 2. The molecule has 0 saturated carbocycles. The van der Waals surface area contributed by atoms with Gasteiger partial charge < -0.3 is 14.6 Å². The molecule has 1 aromatic rings. The SMILES string of the molecule is COc1cc2c3c(c1OC)C(=O)/C(=C/O)CC3N(C)CC2. The molecule has 1 heterocycles. The van der Waals surface area contributed by atoms with Gasteiger partial charge in [0.15, 0.2) is 17.3 Å². The molecule has 0 aromatic heterocycles. The van der Waals surface area contributed by atoms with E-state index in [-0.39, 0.29) is 11.8 Å². The van der Waals surface area contributed by atoms with Crippen molar-refractivity contribution in [1.82, 2.24) is 4.90 Å². The predicted octanol–water partition coefficient (Wildman–Crippen LogP) is 2.26. The van der Waals surface area contributed by atoms with Crippen LogP contribution in [-0.2, 0) is 6.42 Å². The van der Waals surface area contributed by atoms with Crippen LogP contribution >= 0.6 is 0 Å². The first-order valence-corrected chi connectivity index (χ1v) is 6.98. The Bertz CT molecular complexity index is 636. The Morgan fingerprint density at radius 3 is 2.76 bits per heavy atom. The van der Waals surface area contributed by atoms with E-state index in [1.54, 1.807) is 7.11 Å². The largest absolute Gasteiger partial charge is 0.515 e. The third-order valence-electron chi connectivity index (χ3n) is 4.48. The van der Waals surface area contributed by atoms with Gasteiger partial charge in [-0.2, -0.15) is 0 Å². The van der Waals surface area contributed by atoms with Crippen LogP contribution in [0.3, 0.4) is 0 Å². The molecule has 2 aliphatic rings. The van der Waals surface area contributed by atoms with E-state index >= 15 is 0 Å². The second-order valence-electron chi connectivity index (χ2n) is 5.49. The highest BCUT2D eigenvalue weighted by atomic mass is 16.5. The molecule has 0 bridgehead atoms. The van der Waals surface area contributed by atoms with Crippen molar-refractivity contribution in [1.29, 1.82) is 0 Å². The van der Waals surface area contributed by atoms with Crippen LogP contribution in [0.4, 0.5) is 0 Å². The normalized spacial score (nSPS) is 23.1. The molecule has 1 aliphatic heterocycles. The summed E-state index contributed by atoms with van der Waals surface area (Å²) in [7, 11) is 5.14. The molecule has 1 aliphatic carbocycles. The fraction of sp³-hybridized carbons (Fsp3) is 0.438. The number of likely N-dealkylation sites (N-methyl/N-ethyl adjacent to an activating group) is 1. The van der Waals surface area contributed by atoms with Gasteiger partial charge in [-0.1, -0.05) is 0 Å². The van der Waals surface area contributed by atoms with Gasteiger partial charge in [0.1, 0.15) is 0 Å². The maximum Gasteiger partial charge on any atom is 0.196 e. The van der Waals surface area contributed by atoms with Crippen molar-refractivity contribution in [3.05, 3.63) is 34.6 Å².